The van der Waals surface area contributed by atoms with E-state index in [-0.39, 0.29) is 18.4 Å². The molecule has 0 aliphatic heterocycles. The molecule has 0 fully saturated rings. The summed E-state index contributed by atoms with van der Waals surface area (Å²) >= 11 is 0. The lowest BCUT2D eigenvalue weighted by Crippen LogP contribution is -2.46. The van der Waals surface area contributed by atoms with Crippen LogP contribution in [-0.2, 0) is 16.1 Å². The van der Waals surface area contributed by atoms with E-state index in [1.165, 1.54) is 0 Å². The molecule has 186 valence electrons. The van der Waals surface area contributed by atoms with Gasteiger partial charge in [-0.3, -0.25) is 19.5 Å². The van der Waals surface area contributed by atoms with Crippen LogP contribution in [0.25, 0.3) is 11.0 Å². The van der Waals surface area contributed by atoms with Crippen LogP contribution < -0.4 is 10.2 Å². The normalized spacial score (nSPS) is 12.0. The van der Waals surface area contributed by atoms with Gasteiger partial charge in [0.15, 0.2) is 0 Å². The fourth-order valence-electron chi connectivity index (χ4n) is 4.28. The van der Waals surface area contributed by atoms with E-state index in [4.69, 9.17) is 0 Å². The lowest BCUT2D eigenvalue weighted by atomic mass is 10.0. The van der Waals surface area contributed by atoms with Crippen molar-refractivity contribution in [2.45, 2.75) is 46.7 Å². The number of anilines is 1. The SMILES string of the molecule is Cc1ccc(N(C(=O)Cn2nnc3ccccc32)C(C(=O)NCCC(C)C)c2ccncc2)c(C)c1. The molecule has 4 aromatic rings. The van der Waals surface area contributed by atoms with Crippen molar-refractivity contribution < 1.29 is 9.59 Å². The Kier molecular flexibility index (Phi) is 7.73. The van der Waals surface area contributed by atoms with Crippen molar-refractivity contribution in [1.29, 1.82) is 0 Å². The molecule has 2 aromatic carbocycles. The Morgan fingerprint density at radius 1 is 1.03 bits per heavy atom. The van der Waals surface area contributed by atoms with Crippen LogP contribution >= 0.6 is 0 Å². The Labute approximate surface area is 211 Å². The summed E-state index contributed by atoms with van der Waals surface area (Å²) < 4.78 is 1.58. The second-order valence-corrected chi connectivity index (χ2v) is 9.45. The summed E-state index contributed by atoms with van der Waals surface area (Å²) in [6.45, 7) is 8.65. The quantitative estimate of drug-likeness (QED) is 0.381. The van der Waals surface area contributed by atoms with Crippen molar-refractivity contribution in [3.63, 3.8) is 0 Å². The molecule has 0 saturated carbocycles. The van der Waals surface area contributed by atoms with Crippen LogP contribution in [0, 0.1) is 19.8 Å². The molecule has 2 heterocycles. The number of aryl methyl sites for hydroxylation is 2. The highest BCUT2D eigenvalue weighted by molar-refractivity contribution is 6.02. The molecule has 0 saturated heterocycles. The number of rotatable bonds is 9. The molecule has 0 aliphatic carbocycles. The number of aromatic nitrogens is 4. The molecule has 0 radical (unpaired) electrons. The number of nitrogens with zero attached hydrogens (tertiary/aromatic N) is 5. The summed E-state index contributed by atoms with van der Waals surface area (Å²) in [4.78, 5) is 33.4. The van der Waals surface area contributed by atoms with Gasteiger partial charge in [-0.1, -0.05) is 48.9 Å². The molecule has 0 spiro atoms. The Balaban J connectivity index is 1.78. The lowest BCUT2D eigenvalue weighted by molar-refractivity contribution is -0.127. The third-order valence-electron chi connectivity index (χ3n) is 6.14. The largest absolute Gasteiger partial charge is 0.354 e. The van der Waals surface area contributed by atoms with Crippen LogP contribution in [0.2, 0.25) is 0 Å². The number of carbonyl (C=O) groups excluding carboxylic acids is 2. The van der Waals surface area contributed by atoms with Crippen molar-refractivity contribution in [3.05, 3.63) is 83.7 Å². The molecule has 36 heavy (non-hydrogen) atoms. The number of nitrogens with one attached hydrogen (secondary N) is 1. The first kappa shape index (κ1) is 25.0. The second kappa shape index (κ2) is 11.1. The zero-order chi connectivity index (χ0) is 25.7. The summed E-state index contributed by atoms with van der Waals surface area (Å²) in [5, 5.41) is 11.4. The fourth-order valence-corrected chi connectivity index (χ4v) is 4.28. The van der Waals surface area contributed by atoms with Crippen molar-refractivity contribution in [2.24, 2.45) is 5.92 Å². The van der Waals surface area contributed by atoms with Crippen molar-refractivity contribution in [3.8, 4) is 0 Å². The Morgan fingerprint density at radius 3 is 2.50 bits per heavy atom. The predicted octanol–water partition coefficient (Wildman–Crippen LogP) is 4.38. The van der Waals surface area contributed by atoms with Gasteiger partial charge in [0.2, 0.25) is 11.8 Å². The van der Waals surface area contributed by atoms with Crippen LogP contribution in [-0.4, -0.2) is 38.3 Å². The van der Waals surface area contributed by atoms with Gasteiger partial charge >= 0.3 is 0 Å². The Bertz CT molecular complexity index is 1350. The lowest BCUT2D eigenvalue weighted by Gasteiger charge is -2.32. The number of hydrogen-bond donors (Lipinski definition) is 1. The van der Waals surface area contributed by atoms with Crippen LogP contribution in [0.3, 0.4) is 0 Å². The summed E-state index contributed by atoms with van der Waals surface area (Å²) in [6.07, 6.45) is 4.12. The van der Waals surface area contributed by atoms with E-state index in [9.17, 15) is 9.59 Å². The maximum atomic E-state index is 14.0. The second-order valence-electron chi connectivity index (χ2n) is 9.45. The third-order valence-corrected chi connectivity index (χ3v) is 6.14. The molecule has 8 heteroatoms. The summed E-state index contributed by atoms with van der Waals surface area (Å²) in [7, 11) is 0. The maximum absolute atomic E-state index is 14.0. The van der Waals surface area contributed by atoms with Gasteiger partial charge in [-0.05, 0) is 67.6 Å². The first-order chi connectivity index (χ1) is 17.3. The molecule has 1 unspecified atom stereocenters. The van der Waals surface area contributed by atoms with Crippen LogP contribution in [0.15, 0.2) is 67.0 Å². The first-order valence-electron chi connectivity index (χ1n) is 12.2. The molecular formula is C28H32N6O2. The Hall–Kier alpha value is -4.07. The van der Waals surface area contributed by atoms with E-state index in [1.807, 2.05) is 56.3 Å². The van der Waals surface area contributed by atoms with E-state index >= 15 is 0 Å². The summed E-state index contributed by atoms with van der Waals surface area (Å²) in [6, 6.07) is 16.1. The van der Waals surface area contributed by atoms with Crippen LogP contribution in [0.4, 0.5) is 5.69 Å². The topological polar surface area (TPSA) is 93.0 Å². The van der Waals surface area contributed by atoms with Gasteiger partial charge in [0.05, 0.1) is 5.52 Å². The first-order valence-corrected chi connectivity index (χ1v) is 12.2. The number of pyridine rings is 1. The van der Waals surface area contributed by atoms with E-state index < -0.39 is 6.04 Å². The molecule has 1 atom stereocenters. The van der Waals surface area contributed by atoms with Gasteiger partial charge in [0.1, 0.15) is 18.1 Å². The molecule has 2 amide bonds. The van der Waals surface area contributed by atoms with Crippen LogP contribution in [0.5, 0.6) is 0 Å². The van der Waals surface area contributed by atoms with Gasteiger partial charge in [-0.25, -0.2) is 4.68 Å². The molecule has 4 rings (SSSR count). The van der Waals surface area contributed by atoms with Crippen molar-refractivity contribution in [2.75, 3.05) is 11.4 Å². The van der Waals surface area contributed by atoms with E-state index in [0.29, 0.717) is 29.2 Å². The van der Waals surface area contributed by atoms with E-state index in [1.54, 1.807) is 34.1 Å². The zero-order valence-electron chi connectivity index (χ0n) is 21.2. The molecular weight excluding hydrogens is 452 g/mol. The summed E-state index contributed by atoms with van der Waals surface area (Å²) in [5.41, 5.74) is 4.81. The van der Waals surface area contributed by atoms with Gasteiger partial charge in [-0.2, -0.15) is 0 Å². The molecule has 0 bridgehead atoms. The third kappa shape index (κ3) is 5.59. The Morgan fingerprint density at radius 2 is 1.78 bits per heavy atom. The monoisotopic (exact) mass is 484 g/mol. The number of fused-ring (bicyclic) bond motifs is 1. The highest BCUT2D eigenvalue weighted by Gasteiger charge is 2.34. The highest BCUT2D eigenvalue weighted by atomic mass is 16.2. The number of benzene rings is 2. The number of para-hydroxylation sites is 1. The molecule has 0 aliphatic rings. The number of amides is 2. The van der Waals surface area contributed by atoms with Crippen LogP contribution in [0.1, 0.15) is 43.0 Å². The average Bonchev–Trinajstić information content (AvgIpc) is 3.26. The molecule has 8 nitrogen and oxygen atoms in total. The minimum absolute atomic E-state index is 0.0608. The number of hydrogen-bond acceptors (Lipinski definition) is 5. The van der Waals surface area contributed by atoms with Gasteiger partial charge in [0, 0.05) is 24.6 Å². The zero-order valence-corrected chi connectivity index (χ0v) is 21.2. The standard InChI is InChI=1S/C28H32N6O2/c1-19(2)11-16-30-28(36)27(22-12-14-29-15-13-22)34(24-10-9-20(3)17-21(24)4)26(35)18-33-25-8-6-5-7-23(25)31-32-33/h5-10,12-15,17,19,27H,11,16,18H2,1-4H3,(H,30,36). The van der Waals surface area contributed by atoms with E-state index in [2.05, 4.69) is 34.5 Å². The fraction of sp³-hybridized carbons (Fsp3) is 0.321. The molecule has 2 aromatic heterocycles. The minimum Gasteiger partial charge on any atom is -0.354 e. The van der Waals surface area contributed by atoms with Gasteiger partial charge in [0.25, 0.3) is 0 Å². The van der Waals surface area contributed by atoms with E-state index in [0.717, 1.165) is 23.1 Å². The van der Waals surface area contributed by atoms with Gasteiger partial charge in [-0.15, -0.1) is 5.10 Å². The molecule has 1 N–H and O–H groups in total. The van der Waals surface area contributed by atoms with Crippen molar-refractivity contribution in [1.82, 2.24) is 25.3 Å². The maximum Gasteiger partial charge on any atom is 0.249 e. The predicted molar refractivity (Wildman–Crippen MR) is 140 cm³/mol. The highest BCUT2D eigenvalue weighted by Crippen LogP contribution is 2.31. The van der Waals surface area contributed by atoms with Gasteiger partial charge < -0.3 is 5.32 Å². The average molecular weight is 485 g/mol. The van der Waals surface area contributed by atoms with Crippen molar-refractivity contribution >= 4 is 28.5 Å². The smallest absolute Gasteiger partial charge is 0.249 e. The summed E-state index contributed by atoms with van der Waals surface area (Å²) in [5.74, 6) is -0.0561. The number of carbonyl (C=O) groups is 2. The minimum atomic E-state index is -0.871.